The van der Waals surface area contributed by atoms with E-state index in [9.17, 15) is 10.2 Å². The maximum Gasteiger partial charge on any atom is 0.129 e. The van der Waals surface area contributed by atoms with Crippen molar-refractivity contribution < 1.29 is 10.2 Å². The van der Waals surface area contributed by atoms with Gasteiger partial charge in [-0.3, -0.25) is 0 Å². The number of phenolic OH excluding ortho intramolecular Hbond substituents is 2. The predicted octanol–water partition coefficient (Wildman–Crippen LogP) is 3.42. The van der Waals surface area contributed by atoms with Crippen molar-refractivity contribution in [2.45, 2.75) is 5.75 Å². The second kappa shape index (κ2) is 4.38. The van der Waals surface area contributed by atoms with Gasteiger partial charge in [0.2, 0.25) is 0 Å². The molecule has 1 aliphatic heterocycles. The molecule has 0 atom stereocenters. The molecule has 0 saturated carbocycles. The summed E-state index contributed by atoms with van der Waals surface area (Å²) in [6.07, 6.45) is 0. The van der Waals surface area contributed by atoms with E-state index < -0.39 is 0 Å². The monoisotopic (exact) mass is 257 g/mol. The number of rotatable bonds is 1. The summed E-state index contributed by atoms with van der Waals surface area (Å²) in [5.41, 5.74) is 2.80. The molecule has 0 aliphatic carbocycles. The van der Waals surface area contributed by atoms with Gasteiger partial charge >= 0.3 is 0 Å². The van der Waals surface area contributed by atoms with E-state index in [1.165, 1.54) is 11.6 Å². The fourth-order valence-corrected chi connectivity index (χ4v) is 2.90. The van der Waals surface area contributed by atoms with Gasteiger partial charge in [-0.1, -0.05) is 18.2 Å². The summed E-state index contributed by atoms with van der Waals surface area (Å²) >= 11 is 1.59. The first-order valence-electron chi connectivity index (χ1n) is 5.56. The SMILES string of the molecule is Oc1ccc(C2=Nc3ccccc3CS2)c(O)c1. The average Bonchev–Trinajstić information content (AvgIpc) is 2.38. The second-order valence-electron chi connectivity index (χ2n) is 4.04. The number of benzene rings is 2. The highest BCUT2D eigenvalue weighted by Gasteiger charge is 2.16. The Morgan fingerprint density at radius 3 is 2.72 bits per heavy atom. The molecule has 1 heterocycles. The zero-order chi connectivity index (χ0) is 12.5. The maximum atomic E-state index is 9.84. The molecule has 3 nitrogen and oxygen atoms in total. The highest BCUT2D eigenvalue weighted by Crippen LogP contribution is 2.35. The Labute approximate surface area is 109 Å². The molecule has 2 N–H and O–H groups in total. The Morgan fingerprint density at radius 1 is 1.06 bits per heavy atom. The van der Waals surface area contributed by atoms with Crippen molar-refractivity contribution >= 4 is 22.5 Å². The molecule has 0 radical (unpaired) electrons. The minimum Gasteiger partial charge on any atom is -0.508 e. The van der Waals surface area contributed by atoms with Crippen LogP contribution in [0.5, 0.6) is 11.5 Å². The summed E-state index contributed by atoms with van der Waals surface area (Å²) in [5, 5.41) is 19.9. The third kappa shape index (κ3) is 1.95. The Hall–Kier alpha value is -1.94. The molecule has 90 valence electrons. The number of para-hydroxylation sites is 1. The van der Waals surface area contributed by atoms with E-state index in [1.807, 2.05) is 18.2 Å². The quantitative estimate of drug-likeness (QED) is 0.823. The molecule has 4 heteroatoms. The molecule has 2 aromatic rings. The van der Waals surface area contributed by atoms with Crippen molar-refractivity contribution in [1.82, 2.24) is 0 Å². The number of hydrogen-bond acceptors (Lipinski definition) is 4. The van der Waals surface area contributed by atoms with Crippen LogP contribution >= 0.6 is 11.8 Å². The lowest BCUT2D eigenvalue weighted by Gasteiger charge is -2.15. The van der Waals surface area contributed by atoms with Crippen LogP contribution in [0.3, 0.4) is 0 Å². The molecule has 0 saturated heterocycles. The molecular formula is C14H11NO2S. The molecule has 0 unspecified atom stereocenters. The molecule has 1 aliphatic rings. The van der Waals surface area contributed by atoms with Crippen molar-refractivity contribution in [3.8, 4) is 11.5 Å². The Bertz CT molecular complexity index is 637. The van der Waals surface area contributed by atoms with Crippen LogP contribution in [0.2, 0.25) is 0 Å². The number of fused-ring (bicyclic) bond motifs is 1. The van der Waals surface area contributed by atoms with Crippen LogP contribution in [-0.2, 0) is 5.75 Å². The first-order chi connectivity index (χ1) is 8.74. The number of aliphatic imine (C=N–C) groups is 1. The Balaban J connectivity index is 2.06. The average molecular weight is 257 g/mol. The van der Waals surface area contributed by atoms with E-state index in [0.29, 0.717) is 5.56 Å². The van der Waals surface area contributed by atoms with E-state index in [0.717, 1.165) is 16.5 Å². The zero-order valence-corrected chi connectivity index (χ0v) is 10.3. The third-order valence-corrected chi connectivity index (χ3v) is 3.83. The summed E-state index contributed by atoms with van der Waals surface area (Å²) in [6, 6.07) is 12.5. The lowest BCUT2D eigenvalue weighted by Crippen LogP contribution is -2.01. The van der Waals surface area contributed by atoms with E-state index >= 15 is 0 Å². The molecule has 0 fully saturated rings. The van der Waals surface area contributed by atoms with Gasteiger partial charge in [0.25, 0.3) is 0 Å². The van der Waals surface area contributed by atoms with E-state index in [1.54, 1.807) is 23.9 Å². The van der Waals surface area contributed by atoms with Crippen LogP contribution in [0.25, 0.3) is 0 Å². The Kier molecular flexibility index (Phi) is 2.72. The van der Waals surface area contributed by atoms with Gasteiger partial charge < -0.3 is 10.2 Å². The van der Waals surface area contributed by atoms with Crippen LogP contribution in [0.4, 0.5) is 5.69 Å². The van der Waals surface area contributed by atoms with Crippen LogP contribution in [0, 0.1) is 0 Å². The maximum absolute atomic E-state index is 9.84. The van der Waals surface area contributed by atoms with Gasteiger partial charge in [-0.2, -0.15) is 0 Å². The largest absolute Gasteiger partial charge is 0.508 e. The third-order valence-electron chi connectivity index (χ3n) is 2.79. The normalized spacial score (nSPS) is 13.9. The molecule has 0 bridgehead atoms. The van der Waals surface area contributed by atoms with Gasteiger partial charge in [0, 0.05) is 17.4 Å². The van der Waals surface area contributed by atoms with E-state index in [4.69, 9.17) is 0 Å². The molecule has 0 aromatic heterocycles. The van der Waals surface area contributed by atoms with Gasteiger partial charge in [0.1, 0.15) is 16.5 Å². The highest BCUT2D eigenvalue weighted by atomic mass is 32.2. The van der Waals surface area contributed by atoms with E-state index in [2.05, 4.69) is 11.1 Å². The minimum absolute atomic E-state index is 0.0538. The molecule has 0 amide bonds. The fourth-order valence-electron chi connectivity index (χ4n) is 1.87. The van der Waals surface area contributed by atoms with Crippen LogP contribution < -0.4 is 0 Å². The number of phenols is 2. The smallest absolute Gasteiger partial charge is 0.129 e. The van der Waals surface area contributed by atoms with Gasteiger partial charge in [0.05, 0.1) is 5.69 Å². The minimum atomic E-state index is 0.0538. The number of aromatic hydroxyl groups is 2. The molecule has 3 rings (SSSR count). The standard InChI is InChI=1S/C14H11NO2S/c16-10-5-6-11(13(17)7-10)14-15-12-4-2-1-3-9(12)8-18-14/h1-7,16-17H,8H2. The van der Waals surface area contributed by atoms with Crippen molar-refractivity contribution in [2.24, 2.45) is 4.99 Å². The lowest BCUT2D eigenvalue weighted by atomic mass is 10.2. The molecular weight excluding hydrogens is 246 g/mol. The van der Waals surface area contributed by atoms with Crippen LogP contribution in [0.1, 0.15) is 11.1 Å². The van der Waals surface area contributed by atoms with E-state index in [-0.39, 0.29) is 11.5 Å². The number of thioether (sulfide) groups is 1. The molecule has 18 heavy (non-hydrogen) atoms. The van der Waals surface area contributed by atoms with Crippen molar-refractivity contribution in [3.63, 3.8) is 0 Å². The fraction of sp³-hybridized carbons (Fsp3) is 0.0714. The number of nitrogens with zero attached hydrogens (tertiary/aromatic N) is 1. The predicted molar refractivity (Wildman–Crippen MR) is 73.7 cm³/mol. The van der Waals surface area contributed by atoms with Gasteiger partial charge in [-0.15, -0.1) is 11.8 Å². The van der Waals surface area contributed by atoms with Gasteiger partial charge in [0.15, 0.2) is 0 Å². The topological polar surface area (TPSA) is 52.8 Å². The summed E-state index contributed by atoms with van der Waals surface area (Å²) in [6.45, 7) is 0. The molecule has 2 aromatic carbocycles. The summed E-state index contributed by atoms with van der Waals surface area (Å²) < 4.78 is 0. The highest BCUT2D eigenvalue weighted by molar-refractivity contribution is 8.13. The lowest BCUT2D eigenvalue weighted by molar-refractivity contribution is 0.450. The van der Waals surface area contributed by atoms with Crippen LogP contribution in [-0.4, -0.2) is 15.3 Å². The van der Waals surface area contributed by atoms with Crippen LogP contribution in [0.15, 0.2) is 47.5 Å². The number of hydrogen-bond donors (Lipinski definition) is 2. The first kappa shape index (κ1) is 11.2. The van der Waals surface area contributed by atoms with Crippen molar-refractivity contribution in [2.75, 3.05) is 0 Å². The first-order valence-corrected chi connectivity index (χ1v) is 6.54. The van der Waals surface area contributed by atoms with Gasteiger partial charge in [-0.25, -0.2) is 4.99 Å². The Morgan fingerprint density at radius 2 is 1.89 bits per heavy atom. The van der Waals surface area contributed by atoms with Crippen molar-refractivity contribution in [1.29, 1.82) is 0 Å². The summed E-state index contributed by atoms with van der Waals surface area (Å²) in [4.78, 5) is 4.54. The summed E-state index contributed by atoms with van der Waals surface area (Å²) in [5.74, 6) is 0.952. The summed E-state index contributed by atoms with van der Waals surface area (Å²) in [7, 11) is 0. The second-order valence-corrected chi connectivity index (χ2v) is 5.00. The molecule has 0 spiro atoms. The van der Waals surface area contributed by atoms with Gasteiger partial charge in [-0.05, 0) is 23.8 Å². The van der Waals surface area contributed by atoms with Crippen molar-refractivity contribution in [3.05, 3.63) is 53.6 Å². The zero-order valence-electron chi connectivity index (χ0n) is 9.50.